The van der Waals surface area contributed by atoms with Gasteiger partial charge >= 0.3 is 0 Å². The second-order valence-corrected chi connectivity index (χ2v) is 6.27. The number of hydrogen-bond donors (Lipinski definition) is 2. The smallest absolute Gasteiger partial charge is 0.261 e. The van der Waals surface area contributed by atoms with Gasteiger partial charge in [0.1, 0.15) is 0 Å². The summed E-state index contributed by atoms with van der Waals surface area (Å²) in [4.78, 5) is 3.56. The molecule has 0 aliphatic rings. The van der Waals surface area contributed by atoms with Crippen LogP contribution in [0.5, 0.6) is 0 Å². The van der Waals surface area contributed by atoms with Crippen LogP contribution in [0.15, 0.2) is 23.4 Å². The van der Waals surface area contributed by atoms with Crippen molar-refractivity contribution in [3.63, 3.8) is 0 Å². The van der Waals surface area contributed by atoms with E-state index < -0.39 is 26.4 Å². The molecule has 3 N–H and O–H groups in total. The van der Waals surface area contributed by atoms with Gasteiger partial charge in [-0.1, -0.05) is 13.8 Å². The van der Waals surface area contributed by atoms with Crippen LogP contribution in [0.4, 0.5) is 4.39 Å². The third kappa shape index (κ3) is 3.04. The van der Waals surface area contributed by atoms with Crippen molar-refractivity contribution in [2.75, 3.05) is 6.54 Å². The van der Waals surface area contributed by atoms with Gasteiger partial charge in [0.05, 0.1) is 0 Å². The van der Waals surface area contributed by atoms with Crippen LogP contribution in [0, 0.1) is 11.7 Å². The minimum atomic E-state index is -4.02. The Morgan fingerprint density at radius 3 is 2.61 bits per heavy atom. The second-order valence-electron chi connectivity index (χ2n) is 4.67. The summed E-state index contributed by atoms with van der Waals surface area (Å²) in [6.07, 6.45) is 1.23. The van der Waals surface area contributed by atoms with Gasteiger partial charge in [0, 0.05) is 18.3 Å². The number of aromatic nitrogens is 1. The topological polar surface area (TPSA) is 85.1 Å². The van der Waals surface area contributed by atoms with Gasteiger partial charge in [-0.05, 0) is 25.0 Å². The van der Waals surface area contributed by atoms with Crippen molar-refractivity contribution >= 4 is 10.0 Å². The third-order valence-electron chi connectivity index (χ3n) is 3.05. The highest BCUT2D eigenvalue weighted by Gasteiger charge is 2.34. The maximum Gasteiger partial charge on any atom is 0.261 e. The largest absolute Gasteiger partial charge is 0.329 e. The summed E-state index contributed by atoms with van der Waals surface area (Å²) in [6, 6.07) is 2.38. The number of nitrogens with two attached hydrogens (primary N) is 1. The Balaban J connectivity index is 3.14. The lowest BCUT2D eigenvalue weighted by Crippen LogP contribution is -2.55. The Kier molecular flexibility index (Phi) is 4.41. The molecule has 0 aliphatic carbocycles. The molecule has 0 spiro atoms. The van der Waals surface area contributed by atoms with Gasteiger partial charge in [-0.25, -0.2) is 22.5 Å². The van der Waals surface area contributed by atoms with Crippen LogP contribution in [0.25, 0.3) is 0 Å². The first-order valence-electron chi connectivity index (χ1n) is 5.57. The average molecular weight is 275 g/mol. The highest BCUT2D eigenvalue weighted by atomic mass is 32.2. The molecule has 18 heavy (non-hydrogen) atoms. The maximum atomic E-state index is 13.5. The van der Waals surface area contributed by atoms with E-state index in [0.29, 0.717) is 0 Å². The molecule has 0 radical (unpaired) electrons. The normalized spacial score (nSPS) is 15.7. The second kappa shape index (κ2) is 5.29. The molecule has 5 nitrogen and oxygen atoms in total. The van der Waals surface area contributed by atoms with Gasteiger partial charge in [0.25, 0.3) is 10.0 Å². The predicted molar refractivity (Wildman–Crippen MR) is 66.8 cm³/mol. The fourth-order valence-corrected chi connectivity index (χ4v) is 2.87. The Hall–Kier alpha value is -1.05. The predicted octanol–water partition coefficient (Wildman–Crippen LogP) is 0.872. The van der Waals surface area contributed by atoms with Crippen molar-refractivity contribution in [2.24, 2.45) is 11.7 Å². The van der Waals surface area contributed by atoms with Crippen LogP contribution in [0.3, 0.4) is 0 Å². The molecule has 1 aromatic rings. The fourth-order valence-electron chi connectivity index (χ4n) is 1.32. The molecular weight excluding hydrogens is 257 g/mol. The van der Waals surface area contributed by atoms with Crippen LogP contribution < -0.4 is 10.5 Å². The minimum Gasteiger partial charge on any atom is -0.329 e. The number of hydrogen-bond acceptors (Lipinski definition) is 4. The van der Waals surface area contributed by atoms with Crippen molar-refractivity contribution in [3.05, 3.63) is 24.1 Å². The quantitative estimate of drug-likeness (QED) is 0.835. The Morgan fingerprint density at radius 1 is 1.56 bits per heavy atom. The van der Waals surface area contributed by atoms with Crippen molar-refractivity contribution in [3.8, 4) is 0 Å². The van der Waals surface area contributed by atoms with Crippen molar-refractivity contribution in [1.29, 1.82) is 0 Å². The van der Waals surface area contributed by atoms with Gasteiger partial charge in [-0.2, -0.15) is 0 Å². The lowest BCUT2D eigenvalue weighted by molar-refractivity contribution is 0.314. The number of pyridine rings is 1. The first-order valence-corrected chi connectivity index (χ1v) is 7.06. The van der Waals surface area contributed by atoms with Crippen LogP contribution in [0.2, 0.25) is 0 Å². The van der Waals surface area contributed by atoms with Crippen molar-refractivity contribution in [2.45, 2.75) is 31.3 Å². The lowest BCUT2D eigenvalue weighted by Gasteiger charge is -2.32. The monoisotopic (exact) mass is 275 g/mol. The summed E-state index contributed by atoms with van der Waals surface area (Å²) in [6.45, 7) is 5.46. The Bertz CT molecular complexity index is 519. The zero-order chi connectivity index (χ0) is 14.0. The molecule has 0 fully saturated rings. The van der Waals surface area contributed by atoms with Gasteiger partial charge in [-0.3, -0.25) is 0 Å². The Labute approximate surface area is 107 Å². The molecule has 102 valence electrons. The van der Waals surface area contributed by atoms with Crippen LogP contribution in [-0.2, 0) is 10.0 Å². The van der Waals surface area contributed by atoms with Crippen molar-refractivity contribution < 1.29 is 12.8 Å². The van der Waals surface area contributed by atoms with Crippen LogP contribution >= 0.6 is 0 Å². The molecule has 0 bridgehead atoms. The van der Waals surface area contributed by atoms with Crippen molar-refractivity contribution in [1.82, 2.24) is 9.71 Å². The van der Waals surface area contributed by atoms with Crippen LogP contribution in [0.1, 0.15) is 20.8 Å². The molecule has 0 saturated heterocycles. The molecule has 1 heterocycles. The molecule has 1 rings (SSSR count). The zero-order valence-corrected chi connectivity index (χ0v) is 11.5. The molecule has 1 aromatic heterocycles. The van der Waals surface area contributed by atoms with E-state index in [1.54, 1.807) is 6.92 Å². The lowest BCUT2D eigenvalue weighted by atomic mass is 9.90. The van der Waals surface area contributed by atoms with E-state index in [9.17, 15) is 12.8 Å². The van der Waals surface area contributed by atoms with E-state index in [0.717, 1.165) is 6.07 Å². The number of halogens is 1. The summed E-state index contributed by atoms with van der Waals surface area (Å²) in [5.74, 6) is -0.919. The highest BCUT2D eigenvalue weighted by Crippen LogP contribution is 2.19. The summed E-state index contributed by atoms with van der Waals surface area (Å²) in [5.41, 5.74) is 4.75. The zero-order valence-electron chi connectivity index (χ0n) is 10.6. The first-order chi connectivity index (χ1) is 8.23. The van der Waals surface area contributed by atoms with Gasteiger partial charge < -0.3 is 5.73 Å². The number of rotatable bonds is 5. The summed E-state index contributed by atoms with van der Waals surface area (Å²) in [5, 5.41) is -0.606. The third-order valence-corrected chi connectivity index (χ3v) is 4.59. The first kappa shape index (κ1) is 15.0. The summed E-state index contributed by atoms with van der Waals surface area (Å²) < 4.78 is 40.0. The van der Waals surface area contributed by atoms with Crippen LogP contribution in [-0.4, -0.2) is 25.5 Å². The highest BCUT2D eigenvalue weighted by molar-refractivity contribution is 7.89. The molecular formula is C11H18FN3O2S. The summed E-state index contributed by atoms with van der Waals surface area (Å²) >= 11 is 0. The number of nitrogens with zero attached hydrogens (tertiary/aromatic N) is 1. The van der Waals surface area contributed by atoms with E-state index in [2.05, 4.69) is 9.71 Å². The van der Waals surface area contributed by atoms with Gasteiger partial charge in [-0.15, -0.1) is 0 Å². The standard InChI is InChI=1S/C11H18FN3O2S/c1-8(2)11(3,7-13)15-18(16,17)10-9(12)5-4-6-14-10/h4-6,8,15H,7,13H2,1-3H3. The van der Waals surface area contributed by atoms with E-state index >= 15 is 0 Å². The maximum absolute atomic E-state index is 13.5. The SMILES string of the molecule is CC(C)C(C)(CN)NS(=O)(=O)c1ncccc1F. The molecule has 0 aliphatic heterocycles. The van der Waals surface area contributed by atoms with E-state index in [4.69, 9.17) is 5.73 Å². The fraction of sp³-hybridized carbons (Fsp3) is 0.545. The number of sulfonamides is 1. The molecule has 0 saturated carbocycles. The van der Waals surface area contributed by atoms with Gasteiger partial charge in [0.15, 0.2) is 5.82 Å². The summed E-state index contributed by atoms with van der Waals surface area (Å²) in [7, 11) is -4.02. The molecule has 0 aromatic carbocycles. The Morgan fingerprint density at radius 2 is 2.17 bits per heavy atom. The van der Waals surface area contributed by atoms with E-state index in [-0.39, 0.29) is 12.5 Å². The van der Waals surface area contributed by atoms with Gasteiger partial charge in [0.2, 0.25) is 5.03 Å². The van der Waals surface area contributed by atoms with E-state index in [1.165, 1.54) is 12.3 Å². The minimum absolute atomic E-state index is 0.0379. The molecule has 7 heteroatoms. The average Bonchev–Trinajstić information content (AvgIpc) is 2.28. The van der Waals surface area contributed by atoms with E-state index in [1.807, 2.05) is 13.8 Å². The molecule has 1 atom stereocenters. The number of nitrogens with one attached hydrogen (secondary N) is 1. The molecule has 0 amide bonds. The molecule has 1 unspecified atom stereocenters.